The van der Waals surface area contributed by atoms with E-state index in [2.05, 4.69) is 10.3 Å². The van der Waals surface area contributed by atoms with Crippen LogP contribution < -0.4 is 16.8 Å². The summed E-state index contributed by atoms with van der Waals surface area (Å²) in [6.07, 6.45) is 4.09. The number of nitrogens with two attached hydrogens (primary N) is 2. The maximum absolute atomic E-state index is 12.2. The van der Waals surface area contributed by atoms with Crippen molar-refractivity contribution < 1.29 is 14.7 Å². The average Bonchev–Trinajstić information content (AvgIpc) is 2.77. The molecule has 8 nitrogen and oxygen atoms in total. The van der Waals surface area contributed by atoms with E-state index in [1.165, 1.54) is 18.3 Å². The molecule has 0 bridgehead atoms. The molecule has 1 aromatic carbocycles. The number of benzene rings is 1. The lowest BCUT2D eigenvalue weighted by molar-refractivity contribution is -0.125. The number of amides is 3. The molecule has 1 heterocycles. The van der Waals surface area contributed by atoms with Gasteiger partial charge in [0.15, 0.2) is 5.96 Å². The molecule has 3 amide bonds. The third-order valence-electron chi connectivity index (χ3n) is 3.31. The topological polar surface area (TPSA) is 134 Å². The Balaban J connectivity index is 1.93. The molecule has 0 aromatic heterocycles. The number of nitrogens with one attached hydrogen (secondary N) is 1. The monoisotopic (exact) mass is 317 g/mol. The highest BCUT2D eigenvalue weighted by atomic mass is 16.3. The number of carbonyl (C=O) groups is 2. The predicted molar refractivity (Wildman–Crippen MR) is 86.2 cm³/mol. The zero-order chi connectivity index (χ0) is 16.8. The summed E-state index contributed by atoms with van der Waals surface area (Å²) in [5.41, 5.74) is 11.2. The quantitative estimate of drug-likeness (QED) is 0.260. The third-order valence-corrected chi connectivity index (χ3v) is 3.31. The molecule has 0 radical (unpaired) electrons. The van der Waals surface area contributed by atoms with E-state index in [9.17, 15) is 14.7 Å². The Hall–Kier alpha value is -3.03. The van der Waals surface area contributed by atoms with Crippen molar-refractivity contribution in [2.24, 2.45) is 16.5 Å². The van der Waals surface area contributed by atoms with E-state index in [0.717, 1.165) is 10.5 Å². The molecule has 23 heavy (non-hydrogen) atoms. The van der Waals surface area contributed by atoms with Crippen LogP contribution >= 0.6 is 0 Å². The summed E-state index contributed by atoms with van der Waals surface area (Å²) in [5, 5.41) is 11.8. The van der Waals surface area contributed by atoms with Crippen LogP contribution in [-0.4, -0.2) is 40.5 Å². The van der Waals surface area contributed by atoms with Crippen molar-refractivity contribution in [1.29, 1.82) is 0 Å². The summed E-state index contributed by atoms with van der Waals surface area (Å²) in [6, 6.07) is 5.38. The molecule has 1 aromatic rings. The molecule has 1 saturated heterocycles. The molecule has 122 valence electrons. The van der Waals surface area contributed by atoms with Gasteiger partial charge in [0.25, 0.3) is 5.91 Å². The summed E-state index contributed by atoms with van der Waals surface area (Å²) in [7, 11) is 0. The van der Waals surface area contributed by atoms with E-state index in [4.69, 9.17) is 11.5 Å². The Kier molecular flexibility index (Phi) is 5.19. The van der Waals surface area contributed by atoms with Crippen LogP contribution in [0, 0.1) is 0 Å². The lowest BCUT2D eigenvalue weighted by Gasteiger charge is -2.07. The van der Waals surface area contributed by atoms with E-state index in [-0.39, 0.29) is 17.6 Å². The Labute approximate surface area is 133 Å². The second-order valence-corrected chi connectivity index (χ2v) is 5.07. The van der Waals surface area contributed by atoms with Gasteiger partial charge in [-0.15, -0.1) is 0 Å². The summed E-state index contributed by atoms with van der Waals surface area (Å²) in [5.74, 6) is -0.155. The number of aromatic hydroxyl groups is 1. The molecule has 2 rings (SSSR count). The fourth-order valence-corrected chi connectivity index (χ4v) is 2.13. The fourth-order valence-electron chi connectivity index (χ4n) is 2.13. The Morgan fingerprint density at radius 2 is 2.00 bits per heavy atom. The summed E-state index contributed by atoms with van der Waals surface area (Å²) >= 11 is 0. The Morgan fingerprint density at radius 1 is 1.30 bits per heavy atom. The van der Waals surface area contributed by atoms with Crippen molar-refractivity contribution in [1.82, 2.24) is 10.2 Å². The number of phenolic OH excluding ortho intramolecular Hbond substituents is 1. The first kappa shape index (κ1) is 16.3. The van der Waals surface area contributed by atoms with Crippen molar-refractivity contribution >= 4 is 24.0 Å². The van der Waals surface area contributed by atoms with Crippen LogP contribution in [0.15, 0.2) is 35.5 Å². The van der Waals surface area contributed by atoms with E-state index >= 15 is 0 Å². The number of aliphatic imine (C=N–C) groups is 1. The van der Waals surface area contributed by atoms with Crippen LogP contribution in [0.1, 0.15) is 18.4 Å². The lowest BCUT2D eigenvalue weighted by Crippen LogP contribution is -2.29. The Morgan fingerprint density at radius 3 is 2.65 bits per heavy atom. The van der Waals surface area contributed by atoms with E-state index < -0.39 is 12.1 Å². The number of rotatable bonds is 6. The molecule has 0 saturated carbocycles. The SMILES string of the molecule is NC(N)=NCCCC1NC(=O)N(/C=C/c2ccc(O)cc2)C1=O. The van der Waals surface area contributed by atoms with Crippen LogP contribution in [-0.2, 0) is 4.79 Å². The molecule has 1 aliphatic rings. The minimum Gasteiger partial charge on any atom is -0.508 e. The highest BCUT2D eigenvalue weighted by Gasteiger charge is 2.36. The molecule has 1 fully saturated rings. The molecular formula is C15H19N5O3. The molecule has 0 aliphatic carbocycles. The second kappa shape index (κ2) is 7.30. The summed E-state index contributed by atoms with van der Waals surface area (Å²) in [4.78, 5) is 28.9. The van der Waals surface area contributed by atoms with Crippen molar-refractivity contribution in [2.75, 3.05) is 6.54 Å². The number of guanidine groups is 1. The van der Waals surface area contributed by atoms with Gasteiger partial charge in [-0.25, -0.2) is 9.69 Å². The number of hydrogen-bond acceptors (Lipinski definition) is 4. The van der Waals surface area contributed by atoms with Crippen molar-refractivity contribution in [2.45, 2.75) is 18.9 Å². The van der Waals surface area contributed by atoms with Gasteiger partial charge < -0.3 is 21.9 Å². The first-order chi connectivity index (χ1) is 11.0. The van der Waals surface area contributed by atoms with Crippen LogP contribution in [0.25, 0.3) is 6.08 Å². The van der Waals surface area contributed by atoms with Crippen molar-refractivity contribution in [3.63, 3.8) is 0 Å². The maximum Gasteiger partial charge on any atom is 0.328 e. The number of hydrogen-bond donors (Lipinski definition) is 4. The van der Waals surface area contributed by atoms with Gasteiger partial charge in [-0.3, -0.25) is 9.79 Å². The summed E-state index contributed by atoms with van der Waals surface area (Å²) in [6.45, 7) is 0.408. The van der Waals surface area contributed by atoms with E-state index in [1.807, 2.05) is 0 Å². The van der Waals surface area contributed by atoms with Gasteiger partial charge in [-0.2, -0.15) is 0 Å². The predicted octanol–water partition coefficient (Wildman–Crippen LogP) is 0.337. The minimum atomic E-state index is -0.568. The van der Waals surface area contributed by atoms with Gasteiger partial charge in [-0.1, -0.05) is 12.1 Å². The van der Waals surface area contributed by atoms with Crippen molar-refractivity contribution in [3.8, 4) is 5.75 Å². The number of phenols is 1. The number of imide groups is 1. The molecule has 8 heteroatoms. The van der Waals surface area contributed by atoms with Gasteiger partial charge in [0, 0.05) is 12.7 Å². The van der Waals surface area contributed by atoms with Gasteiger partial charge in [0.05, 0.1) is 0 Å². The van der Waals surface area contributed by atoms with Gasteiger partial charge in [0.1, 0.15) is 11.8 Å². The normalized spacial score (nSPS) is 17.6. The molecule has 1 aliphatic heterocycles. The minimum absolute atomic E-state index is 0.00485. The van der Waals surface area contributed by atoms with Gasteiger partial charge in [0.2, 0.25) is 0 Å². The van der Waals surface area contributed by atoms with Crippen LogP contribution in [0.3, 0.4) is 0 Å². The zero-order valence-corrected chi connectivity index (χ0v) is 12.5. The number of carbonyl (C=O) groups excluding carboxylic acids is 2. The maximum atomic E-state index is 12.2. The zero-order valence-electron chi connectivity index (χ0n) is 12.5. The second-order valence-electron chi connectivity index (χ2n) is 5.07. The molecule has 1 atom stereocenters. The Bertz CT molecular complexity index is 635. The highest BCUT2D eigenvalue weighted by Crippen LogP contribution is 2.15. The van der Waals surface area contributed by atoms with Crippen LogP contribution in [0.5, 0.6) is 5.75 Å². The standard InChI is InChI=1S/C15H19N5O3/c16-14(17)18-8-1-2-12-13(22)20(15(23)19-12)9-7-10-3-5-11(21)6-4-10/h3-7,9,12,21H,1-2,8H2,(H,19,23)(H4,16,17,18)/b9-7+. The third kappa shape index (κ3) is 4.47. The first-order valence-corrected chi connectivity index (χ1v) is 7.13. The summed E-state index contributed by atoms with van der Waals surface area (Å²) < 4.78 is 0. The number of urea groups is 1. The van der Waals surface area contributed by atoms with E-state index in [0.29, 0.717) is 19.4 Å². The molecule has 6 N–H and O–H groups in total. The largest absolute Gasteiger partial charge is 0.508 e. The molecule has 1 unspecified atom stereocenters. The number of nitrogens with zero attached hydrogens (tertiary/aromatic N) is 2. The lowest BCUT2D eigenvalue weighted by atomic mass is 10.1. The average molecular weight is 317 g/mol. The van der Waals surface area contributed by atoms with Crippen LogP contribution in [0.2, 0.25) is 0 Å². The van der Waals surface area contributed by atoms with E-state index in [1.54, 1.807) is 18.2 Å². The first-order valence-electron chi connectivity index (χ1n) is 7.13. The highest BCUT2D eigenvalue weighted by molar-refractivity contribution is 6.05. The van der Waals surface area contributed by atoms with Gasteiger partial charge in [-0.05, 0) is 36.6 Å². The molecular weight excluding hydrogens is 298 g/mol. The fraction of sp³-hybridized carbons (Fsp3) is 0.267. The smallest absolute Gasteiger partial charge is 0.328 e. The van der Waals surface area contributed by atoms with Crippen molar-refractivity contribution in [3.05, 3.63) is 36.0 Å². The van der Waals surface area contributed by atoms with Crippen LogP contribution in [0.4, 0.5) is 4.79 Å². The molecule has 0 spiro atoms. The van der Waals surface area contributed by atoms with Gasteiger partial charge >= 0.3 is 6.03 Å².